The molecule has 0 bridgehead atoms. The largest absolute Gasteiger partial charge is 0.480 e. The molecule has 6 heteroatoms. The van der Waals surface area contributed by atoms with Crippen LogP contribution in [-0.2, 0) is 0 Å². The van der Waals surface area contributed by atoms with Crippen LogP contribution in [0.1, 0.15) is 30.6 Å². The maximum atomic E-state index is 13.5. The van der Waals surface area contributed by atoms with E-state index < -0.39 is 17.7 Å². The van der Waals surface area contributed by atoms with Crippen LogP contribution in [0.3, 0.4) is 0 Å². The maximum Gasteiger partial charge on any atom is 0.237 e. The van der Waals surface area contributed by atoms with Gasteiger partial charge in [-0.3, -0.25) is 4.98 Å². The van der Waals surface area contributed by atoms with Crippen molar-refractivity contribution in [3.63, 3.8) is 0 Å². The predicted molar refractivity (Wildman–Crippen MR) is 75.1 cm³/mol. The van der Waals surface area contributed by atoms with Crippen molar-refractivity contribution in [2.24, 2.45) is 0 Å². The van der Waals surface area contributed by atoms with Crippen molar-refractivity contribution in [2.45, 2.75) is 19.4 Å². The molecule has 1 heterocycles. The van der Waals surface area contributed by atoms with Crippen LogP contribution in [0.4, 0.5) is 8.78 Å². The molecule has 1 N–H and O–H groups in total. The van der Waals surface area contributed by atoms with Gasteiger partial charge < -0.3 is 10.1 Å². The Kier molecular flexibility index (Phi) is 5.16. The molecule has 0 aliphatic carbocycles. The average molecular weight is 293 g/mol. The van der Waals surface area contributed by atoms with Crippen molar-refractivity contribution in [2.75, 3.05) is 13.7 Å². The van der Waals surface area contributed by atoms with Gasteiger partial charge in [-0.1, -0.05) is 6.92 Å². The third-order valence-corrected chi connectivity index (χ3v) is 2.97. The zero-order chi connectivity index (χ0) is 15.2. The minimum Gasteiger partial charge on any atom is -0.480 e. The molecule has 0 saturated carbocycles. The first-order valence-electron chi connectivity index (χ1n) is 6.70. The number of methoxy groups -OCH3 is 1. The van der Waals surface area contributed by atoms with E-state index >= 15 is 0 Å². The summed E-state index contributed by atoms with van der Waals surface area (Å²) in [6, 6.07) is 2.92. The van der Waals surface area contributed by atoms with Crippen LogP contribution in [0.5, 0.6) is 5.88 Å². The molecule has 1 unspecified atom stereocenters. The molecule has 0 radical (unpaired) electrons. The highest BCUT2D eigenvalue weighted by atomic mass is 19.1. The summed E-state index contributed by atoms with van der Waals surface area (Å²) in [5.74, 6) is -0.928. The molecule has 0 amide bonds. The van der Waals surface area contributed by atoms with Crippen LogP contribution in [0.2, 0.25) is 0 Å². The predicted octanol–water partition coefficient (Wildman–Crippen LogP) is 2.85. The van der Waals surface area contributed by atoms with Crippen LogP contribution in [0.25, 0.3) is 0 Å². The fourth-order valence-corrected chi connectivity index (χ4v) is 2.09. The van der Waals surface area contributed by atoms with Gasteiger partial charge in [-0.25, -0.2) is 13.8 Å². The third-order valence-electron chi connectivity index (χ3n) is 2.97. The SMILES string of the molecule is CCCNC(c1cc(F)cc(F)c1)c1nccnc1OC. The van der Waals surface area contributed by atoms with E-state index in [0.717, 1.165) is 12.5 Å². The topological polar surface area (TPSA) is 47.0 Å². The first-order chi connectivity index (χ1) is 10.2. The Labute approximate surface area is 122 Å². The zero-order valence-corrected chi connectivity index (χ0v) is 11.9. The quantitative estimate of drug-likeness (QED) is 0.889. The van der Waals surface area contributed by atoms with E-state index in [1.165, 1.54) is 31.6 Å². The van der Waals surface area contributed by atoms with Crippen molar-refractivity contribution in [1.82, 2.24) is 15.3 Å². The second-order valence-electron chi connectivity index (χ2n) is 4.54. The highest BCUT2D eigenvalue weighted by Crippen LogP contribution is 2.27. The fraction of sp³-hybridized carbons (Fsp3) is 0.333. The molecule has 1 aromatic heterocycles. The fourth-order valence-electron chi connectivity index (χ4n) is 2.09. The number of hydrogen-bond donors (Lipinski definition) is 1. The second kappa shape index (κ2) is 7.08. The van der Waals surface area contributed by atoms with E-state index in [1.807, 2.05) is 6.92 Å². The van der Waals surface area contributed by atoms with Gasteiger partial charge in [0.1, 0.15) is 17.3 Å². The van der Waals surface area contributed by atoms with Crippen molar-refractivity contribution in [3.8, 4) is 5.88 Å². The Morgan fingerprint density at radius 3 is 2.43 bits per heavy atom. The summed E-state index contributed by atoms with van der Waals surface area (Å²) in [5.41, 5.74) is 0.943. The summed E-state index contributed by atoms with van der Waals surface area (Å²) in [7, 11) is 1.48. The monoisotopic (exact) mass is 293 g/mol. The number of benzene rings is 1. The number of hydrogen-bond acceptors (Lipinski definition) is 4. The summed E-state index contributed by atoms with van der Waals surface area (Å²) in [4.78, 5) is 8.33. The maximum absolute atomic E-state index is 13.5. The normalized spacial score (nSPS) is 12.2. The lowest BCUT2D eigenvalue weighted by molar-refractivity contribution is 0.382. The number of nitrogens with zero attached hydrogens (tertiary/aromatic N) is 2. The van der Waals surface area contributed by atoms with Gasteiger partial charge >= 0.3 is 0 Å². The molecule has 0 saturated heterocycles. The van der Waals surface area contributed by atoms with E-state index in [4.69, 9.17) is 4.74 Å². The highest BCUT2D eigenvalue weighted by molar-refractivity contribution is 5.33. The third kappa shape index (κ3) is 3.72. The number of rotatable bonds is 6. The van der Waals surface area contributed by atoms with Gasteiger partial charge in [-0.15, -0.1) is 0 Å². The van der Waals surface area contributed by atoms with Crippen LogP contribution >= 0.6 is 0 Å². The van der Waals surface area contributed by atoms with Gasteiger partial charge in [0.2, 0.25) is 5.88 Å². The van der Waals surface area contributed by atoms with Gasteiger partial charge in [0.25, 0.3) is 0 Å². The summed E-state index contributed by atoms with van der Waals surface area (Å²) in [6.07, 6.45) is 3.90. The van der Waals surface area contributed by atoms with Crippen molar-refractivity contribution < 1.29 is 13.5 Å². The van der Waals surface area contributed by atoms with Crippen LogP contribution in [0, 0.1) is 11.6 Å². The summed E-state index contributed by atoms with van der Waals surface area (Å²) in [6.45, 7) is 2.67. The lowest BCUT2D eigenvalue weighted by Gasteiger charge is -2.20. The Hall–Kier alpha value is -2.08. The van der Waals surface area contributed by atoms with E-state index in [2.05, 4.69) is 15.3 Å². The zero-order valence-electron chi connectivity index (χ0n) is 11.9. The standard InChI is InChI=1S/C15H17F2N3O/c1-3-4-18-13(10-7-11(16)9-12(17)8-10)14-15(21-2)20-6-5-19-14/h5-9,13,18H,3-4H2,1-2H3. The molecular formula is C15H17F2N3O. The molecular weight excluding hydrogens is 276 g/mol. The second-order valence-corrected chi connectivity index (χ2v) is 4.54. The summed E-state index contributed by atoms with van der Waals surface area (Å²) >= 11 is 0. The molecule has 21 heavy (non-hydrogen) atoms. The minimum atomic E-state index is -0.629. The van der Waals surface area contributed by atoms with E-state index in [1.54, 1.807) is 0 Å². The Morgan fingerprint density at radius 1 is 1.14 bits per heavy atom. The molecule has 0 spiro atoms. The van der Waals surface area contributed by atoms with E-state index in [9.17, 15) is 8.78 Å². The number of nitrogens with one attached hydrogen (secondary N) is 1. The summed E-state index contributed by atoms with van der Waals surface area (Å²) < 4.78 is 32.1. The molecule has 112 valence electrons. The van der Waals surface area contributed by atoms with Gasteiger partial charge in [-0.2, -0.15) is 0 Å². The molecule has 1 atom stereocenters. The van der Waals surface area contributed by atoms with Gasteiger partial charge in [0, 0.05) is 18.5 Å². The average Bonchev–Trinajstić information content (AvgIpc) is 2.47. The van der Waals surface area contributed by atoms with E-state index in [-0.39, 0.29) is 0 Å². The van der Waals surface area contributed by atoms with Crippen LogP contribution < -0.4 is 10.1 Å². The van der Waals surface area contributed by atoms with Crippen LogP contribution in [-0.4, -0.2) is 23.6 Å². The molecule has 2 rings (SSSR count). The molecule has 0 aliphatic heterocycles. The van der Waals surface area contributed by atoms with Gasteiger partial charge in [-0.05, 0) is 30.7 Å². The molecule has 4 nitrogen and oxygen atoms in total. The Bertz CT molecular complexity index is 587. The molecule has 1 aromatic carbocycles. The smallest absolute Gasteiger partial charge is 0.237 e. The van der Waals surface area contributed by atoms with Crippen molar-refractivity contribution in [3.05, 3.63) is 53.5 Å². The Morgan fingerprint density at radius 2 is 1.81 bits per heavy atom. The Balaban J connectivity index is 2.46. The minimum absolute atomic E-state index is 0.329. The lowest BCUT2D eigenvalue weighted by Crippen LogP contribution is -2.25. The van der Waals surface area contributed by atoms with E-state index in [0.29, 0.717) is 23.7 Å². The first kappa shape index (κ1) is 15.3. The highest BCUT2D eigenvalue weighted by Gasteiger charge is 2.21. The van der Waals surface area contributed by atoms with Gasteiger partial charge in [0.15, 0.2) is 0 Å². The lowest BCUT2D eigenvalue weighted by atomic mass is 10.0. The van der Waals surface area contributed by atoms with Gasteiger partial charge in [0.05, 0.1) is 13.2 Å². The molecule has 0 aliphatic rings. The van der Waals surface area contributed by atoms with Crippen molar-refractivity contribution >= 4 is 0 Å². The van der Waals surface area contributed by atoms with Crippen molar-refractivity contribution in [1.29, 1.82) is 0 Å². The first-order valence-corrected chi connectivity index (χ1v) is 6.70. The molecule has 0 fully saturated rings. The molecule has 2 aromatic rings. The summed E-state index contributed by atoms with van der Waals surface area (Å²) in [5, 5.41) is 3.22. The number of aromatic nitrogens is 2. The number of halogens is 2. The van der Waals surface area contributed by atoms with Crippen LogP contribution in [0.15, 0.2) is 30.6 Å². The number of ether oxygens (including phenoxy) is 1.